The molecule has 0 unspecified atom stereocenters. The summed E-state index contributed by atoms with van der Waals surface area (Å²) in [6.45, 7) is 2.90. The van der Waals surface area contributed by atoms with Crippen LogP contribution < -0.4 is 15.2 Å². The van der Waals surface area contributed by atoms with Crippen molar-refractivity contribution in [1.29, 1.82) is 0 Å². The van der Waals surface area contributed by atoms with E-state index in [1.807, 2.05) is 31.2 Å². The molecule has 0 amide bonds. The van der Waals surface area contributed by atoms with Gasteiger partial charge in [0.05, 0.1) is 17.8 Å². The summed E-state index contributed by atoms with van der Waals surface area (Å²) in [7, 11) is 1.59. The van der Waals surface area contributed by atoms with E-state index < -0.39 is 0 Å². The quantitative estimate of drug-likeness (QED) is 0.891. The van der Waals surface area contributed by atoms with Crippen LogP contribution in [-0.4, -0.2) is 18.6 Å². The highest BCUT2D eigenvalue weighted by molar-refractivity contribution is 6.32. The number of nitrogens with two attached hydrogens (primary N) is 1. The molecule has 0 aliphatic heterocycles. The number of benzene rings is 1. The van der Waals surface area contributed by atoms with E-state index >= 15 is 0 Å². The summed E-state index contributed by atoms with van der Waals surface area (Å²) in [6, 6.07) is 7.65. The smallest absolute Gasteiger partial charge is 0.180 e. The predicted octanol–water partition coefficient (Wildman–Crippen LogP) is 3.13. The maximum absolute atomic E-state index is 6.29. The molecule has 21 heavy (non-hydrogen) atoms. The summed E-state index contributed by atoms with van der Waals surface area (Å²) in [5.41, 5.74) is 8.55. The number of methoxy groups -OCH3 is 1. The highest BCUT2D eigenvalue weighted by atomic mass is 35.5. The van der Waals surface area contributed by atoms with Gasteiger partial charge in [-0.15, -0.1) is 0 Å². The zero-order valence-corrected chi connectivity index (χ0v) is 13.0. The third-order valence-corrected chi connectivity index (χ3v) is 3.47. The Labute approximate surface area is 129 Å². The van der Waals surface area contributed by atoms with Crippen LogP contribution in [0.1, 0.15) is 16.8 Å². The molecule has 2 rings (SSSR count). The van der Waals surface area contributed by atoms with Gasteiger partial charge in [-0.2, -0.15) is 0 Å². The number of aromatic nitrogens is 1. The van der Waals surface area contributed by atoms with Crippen LogP contribution in [0.25, 0.3) is 0 Å². The van der Waals surface area contributed by atoms with Gasteiger partial charge in [-0.1, -0.05) is 17.7 Å². The lowest BCUT2D eigenvalue weighted by molar-refractivity contribution is 0.280. The number of hydrogen-bond acceptors (Lipinski definition) is 4. The van der Waals surface area contributed by atoms with Crippen molar-refractivity contribution in [1.82, 2.24) is 4.98 Å². The van der Waals surface area contributed by atoms with Gasteiger partial charge in [0.1, 0.15) is 6.61 Å². The summed E-state index contributed by atoms with van der Waals surface area (Å²) in [5, 5.41) is 0.520. The van der Waals surface area contributed by atoms with E-state index in [0.29, 0.717) is 29.7 Å². The molecule has 4 nitrogen and oxygen atoms in total. The molecule has 0 bridgehead atoms. The Morgan fingerprint density at radius 2 is 2.14 bits per heavy atom. The molecule has 0 atom stereocenters. The lowest BCUT2D eigenvalue weighted by atomic mass is 10.1. The zero-order chi connectivity index (χ0) is 15.2. The summed E-state index contributed by atoms with van der Waals surface area (Å²) >= 11 is 6.29. The summed E-state index contributed by atoms with van der Waals surface area (Å²) in [6.07, 6.45) is 2.49. The van der Waals surface area contributed by atoms with Crippen molar-refractivity contribution in [3.8, 4) is 11.5 Å². The Hall–Kier alpha value is -1.78. The van der Waals surface area contributed by atoms with Crippen LogP contribution >= 0.6 is 11.6 Å². The highest BCUT2D eigenvalue weighted by Gasteiger charge is 2.13. The minimum Gasteiger partial charge on any atom is -0.493 e. The van der Waals surface area contributed by atoms with Crippen molar-refractivity contribution in [2.75, 3.05) is 13.7 Å². The van der Waals surface area contributed by atoms with E-state index in [9.17, 15) is 0 Å². The van der Waals surface area contributed by atoms with Crippen LogP contribution in [0.5, 0.6) is 11.5 Å². The Balaban J connectivity index is 2.21. The van der Waals surface area contributed by atoms with Gasteiger partial charge in [-0.3, -0.25) is 4.98 Å². The van der Waals surface area contributed by atoms with Crippen LogP contribution in [0.4, 0.5) is 0 Å². The van der Waals surface area contributed by atoms with E-state index in [1.54, 1.807) is 13.3 Å². The van der Waals surface area contributed by atoms with Gasteiger partial charge in [-0.25, -0.2) is 0 Å². The number of rotatable bonds is 6. The first-order valence-electron chi connectivity index (χ1n) is 6.75. The second-order valence-corrected chi connectivity index (χ2v) is 5.11. The molecule has 0 spiro atoms. The number of pyridine rings is 1. The molecule has 2 N–H and O–H groups in total. The standard InChI is InChI=1S/C16H19ClN2O2/c1-11-4-3-7-19-14(11)10-21-16-13(17)8-12(5-6-18)9-15(16)20-2/h3-4,7-9H,5-6,10,18H2,1-2H3. The van der Waals surface area contributed by atoms with E-state index in [-0.39, 0.29) is 0 Å². The van der Waals surface area contributed by atoms with Crippen LogP contribution in [-0.2, 0) is 13.0 Å². The van der Waals surface area contributed by atoms with Crippen molar-refractivity contribution in [3.63, 3.8) is 0 Å². The molecule has 112 valence electrons. The molecular formula is C16H19ClN2O2. The van der Waals surface area contributed by atoms with E-state index in [1.165, 1.54) is 0 Å². The normalized spacial score (nSPS) is 10.5. The fraction of sp³-hybridized carbons (Fsp3) is 0.312. The van der Waals surface area contributed by atoms with Gasteiger partial charge >= 0.3 is 0 Å². The minimum absolute atomic E-state index is 0.346. The van der Waals surface area contributed by atoms with Crippen molar-refractivity contribution in [3.05, 3.63) is 52.3 Å². The van der Waals surface area contributed by atoms with Gasteiger partial charge in [0.15, 0.2) is 11.5 Å². The maximum atomic E-state index is 6.29. The second kappa shape index (κ2) is 7.29. The van der Waals surface area contributed by atoms with Crippen molar-refractivity contribution < 1.29 is 9.47 Å². The first kappa shape index (κ1) is 15.6. The minimum atomic E-state index is 0.346. The average Bonchev–Trinajstić information content (AvgIpc) is 2.47. The Bertz CT molecular complexity index is 617. The van der Waals surface area contributed by atoms with Crippen LogP contribution in [0.15, 0.2) is 30.5 Å². The number of ether oxygens (including phenoxy) is 2. The highest BCUT2D eigenvalue weighted by Crippen LogP contribution is 2.37. The van der Waals surface area contributed by atoms with Gasteiger partial charge in [0.2, 0.25) is 0 Å². The zero-order valence-electron chi connectivity index (χ0n) is 12.2. The van der Waals surface area contributed by atoms with E-state index in [0.717, 1.165) is 23.2 Å². The summed E-state index contributed by atoms with van der Waals surface area (Å²) in [4.78, 5) is 4.30. The van der Waals surface area contributed by atoms with Gasteiger partial charge in [-0.05, 0) is 49.2 Å². The van der Waals surface area contributed by atoms with Crippen molar-refractivity contribution in [2.45, 2.75) is 20.0 Å². The van der Waals surface area contributed by atoms with Gasteiger partial charge < -0.3 is 15.2 Å². The topological polar surface area (TPSA) is 57.4 Å². The summed E-state index contributed by atoms with van der Waals surface area (Å²) < 4.78 is 11.2. The monoisotopic (exact) mass is 306 g/mol. The average molecular weight is 307 g/mol. The molecule has 2 aromatic rings. The van der Waals surface area contributed by atoms with Crippen molar-refractivity contribution >= 4 is 11.6 Å². The van der Waals surface area contributed by atoms with Gasteiger partial charge in [0.25, 0.3) is 0 Å². The molecule has 5 heteroatoms. The maximum Gasteiger partial charge on any atom is 0.180 e. The third kappa shape index (κ3) is 3.86. The van der Waals surface area contributed by atoms with Crippen LogP contribution in [0.2, 0.25) is 5.02 Å². The fourth-order valence-electron chi connectivity index (χ4n) is 2.03. The molecule has 0 fully saturated rings. The lowest BCUT2D eigenvalue weighted by Gasteiger charge is -2.14. The molecule has 1 aromatic carbocycles. The SMILES string of the molecule is COc1cc(CCN)cc(Cl)c1OCc1ncccc1C. The number of hydrogen-bond donors (Lipinski definition) is 1. The second-order valence-electron chi connectivity index (χ2n) is 4.70. The number of aryl methyl sites for hydroxylation is 1. The largest absolute Gasteiger partial charge is 0.493 e. The van der Waals surface area contributed by atoms with Crippen molar-refractivity contribution in [2.24, 2.45) is 5.73 Å². The van der Waals surface area contributed by atoms with Crippen LogP contribution in [0.3, 0.4) is 0 Å². The molecule has 0 aliphatic carbocycles. The third-order valence-electron chi connectivity index (χ3n) is 3.19. The predicted molar refractivity (Wildman–Crippen MR) is 84.1 cm³/mol. The fourth-order valence-corrected chi connectivity index (χ4v) is 2.32. The molecule has 1 heterocycles. The van der Waals surface area contributed by atoms with E-state index in [4.69, 9.17) is 26.8 Å². The molecule has 1 aromatic heterocycles. The van der Waals surface area contributed by atoms with E-state index in [2.05, 4.69) is 4.98 Å². The Kier molecular flexibility index (Phi) is 5.42. The Morgan fingerprint density at radius 3 is 2.81 bits per heavy atom. The molecule has 0 aliphatic rings. The first-order chi connectivity index (χ1) is 10.2. The number of nitrogens with zero attached hydrogens (tertiary/aromatic N) is 1. The molecule has 0 radical (unpaired) electrons. The number of halogens is 1. The Morgan fingerprint density at radius 1 is 1.33 bits per heavy atom. The molecular weight excluding hydrogens is 288 g/mol. The first-order valence-corrected chi connectivity index (χ1v) is 7.13. The van der Waals surface area contributed by atoms with Crippen LogP contribution in [0, 0.1) is 6.92 Å². The molecule has 0 saturated carbocycles. The lowest BCUT2D eigenvalue weighted by Crippen LogP contribution is -2.05. The molecule has 0 saturated heterocycles. The summed E-state index contributed by atoms with van der Waals surface area (Å²) in [5.74, 6) is 1.14. The van der Waals surface area contributed by atoms with Gasteiger partial charge in [0, 0.05) is 6.20 Å².